The predicted octanol–water partition coefficient (Wildman–Crippen LogP) is 2.60. The Hall–Kier alpha value is -2.75. The summed E-state index contributed by atoms with van der Waals surface area (Å²) in [7, 11) is 0. The summed E-state index contributed by atoms with van der Waals surface area (Å²) < 4.78 is 5.92. The molecule has 0 radical (unpaired) electrons. The second kappa shape index (κ2) is 7.94. The van der Waals surface area contributed by atoms with Gasteiger partial charge in [-0.2, -0.15) is 0 Å². The molecule has 0 spiro atoms. The molecule has 0 saturated carbocycles. The van der Waals surface area contributed by atoms with Crippen LogP contribution in [0.2, 0.25) is 0 Å². The molecule has 8 heteroatoms. The molecule has 1 atom stereocenters. The fraction of sp³-hybridized carbons (Fsp3) is 0.238. The molecule has 0 bridgehead atoms. The van der Waals surface area contributed by atoms with Gasteiger partial charge in [-0.05, 0) is 24.1 Å². The van der Waals surface area contributed by atoms with Crippen molar-refractivity contribution in [2.75, 3.05) is 0 Å². The van der Waals surface area contributed by atoms with Crippen molar-refractivity contribution in [1.29, 1.82) is 0 Å². The first-order chi connectivity index (χ1) is 13.9. The first-order valence-corrected chi connectivity index (χ1v) is 10.2. The van der Waals surface area contributed by atoms with Gasteiger partial charge < -0.3 is 9.64 Å². The van der Waals surface area contributed by atoms with Crippen molar-refractivity contribution < 1.29 is 23.9 Å². The van der Waals surface area contributed by atoms with Crippen LogP contribution in [0.4, 0.5) is 0 Å². The van der Waals surface area contributed by atoms with E-state index in [2.05, 4.69) is 5.32 Å². The van der Waals surface area contributed by atoms with Gasteiger partial charge >= 0.3 is 0 Å². The van der Waals surface area contributed by atoms with Crippen molar-refractivity contribution >= 4 is 44.1 Å². The van der Waals surface area contributed by atoms with Crippen LogP contribution < -0.4 is 10.1 Å². The van der Waals surface area contributed by atoms with E-state index in [1.807, 2.05) is 12.1 Å². The zero-order chi connectivity index (χ0) is 20.5. The highest BCUT2D eigenvalue weighted by Gasteiger charge is 2.40. The van der Waals surface area contributed by atoms with Gasteiger partial charge in [-0.3, -0.25) is 24.5 Å². The summed E-state index contributed by atoms with van der Waals surface area (Å²) in [6.07, 6.45) is 0.540. The molecule has 1 N–H and O–H groups in total. The van der Waals surface area contributed by atoms with Crippen LogP contribution in [0.15, 0.2) is 42.5 Å². The molecule has 1 fully saturated rings. The van der Waals surface area contributed by atoms with E-state index in [-0.39, 0.29) is 28.6 Å². The number of ether oxygens (including phenoxy) is 1. The summed E-state index contributed by atoms with van der Waals surface area (Å²) >= 11 is 1.74. The van der Waals surface area contributed by atoms with Crippen LogP contribution >= 0.6 is 22.6 Å². The zero-order valence-electron chi connectivity index (χ0n) is 15.3. The van der Waals surface area contributed by atoms with Gasteiger partial charge in [0, 0.05) is 45.7 Å². The molecule has 2 aliphatic rings. The molecule has 2 aromatic rings. The lowest BCUT2D eigenvalue weighted by atomic mass is 10.0. The molecule has 0 aliphatic carbocycles. The summed E-state index contributed by atoms with van der Waals surface area (Å²) in [5.41, 5.74) is 2.77. The van der Waals surface area contributed by atoms with Crippen molar-refractivity contribution in [2.45, 2.75) is 32.0 Å². The zero-order valence-corrected chi connectivity index (χ0v) is 17.5. The maximum absolute atomic E-state index is 12.8. The van der Waals surface area contributed by atoms with Crippen LogP contribution in [0.5, 0.6) is 5.75 Å². The summed E-state index contributed by atoms with van der Waals surface area (Å²) in [5.74, 6) is -0.394. The van der Waals surface area contributed by atoms with Crippen molar-refractivity contribution in [3.05, 3.63) is 64.7 Å². The molecule has 1 saturated heterocycles. The molecule has 2 heterocycles. The Kier molecular flexibility index (Phi) is 5.35. The van der Waals surface area contributed by atoms with Crippen LogP contribution in [0.1, 0.15) is 44.7 Å². The SMILES string of the molecule is O=C1CCC(N2Cc3c(OCc4ccc(C(=O)I)cc4)cccc3C2=O)C(=O)N1. The number of halogens is 1. The minimum absolute atomic E-state index is 0.0250. The molecule has 2 aromatic carbocycles. The summed E-state index contributed by atoms with van der Waals surface area (Å²) in [6, 6.07) is 11.8. The topological polar surface area (TPSA) is 92.8 Å². The lowest BCUT2D eigenvalue weighted by Gasteiger charge is -2.29. The van der Waals surface area contributed by atoms with E-state index in [0.717, 1.165) is 11.1 Å². The first-order valence-electron chi connectivity index (χ1n) is 9.12. The average Bonchev–Trinajstić information content (AvgIpc) is 3.04. The van der Waals surface area contributed by atoms with Crippen molar-refractivity contribution in [1.82, 2.24) is 10.2 Å². The number of imide groups is 1. The minimum Gasteiger partial charge on any atom is -0.489 e. The Morgan fingerprint density at radius 1 is 1.14 bits per heavy atom. The summed E-state index contributed by atoms with van der Waals surface area (Å²) in [6.45, 7) is 0.553. The molecule has 3 amide bonds. The van der Waals surface area contributed by atoms with Crippen LogP contribution in [-0.4, -0.2) is 32.5 Å². The van der Waals surface area contributed by atoms with Gasteiger partial charge in [0.1, 0.15) is 18.4 Å². The maximum Gasteiger partial charge on any atom is 0.255 e. The number of hydrogen-bond donors (Lipinski definition) is 1. The molecule has 4 rings (SSSR count). The second-order valence-corrected chi connectivity index (χ2v) is 7.92. The van der Waals surface area contributed by atoms with E-state index in [9.17, 15) is 19.2 Å². The molecule has 7 nitrogen and oxygen atoms in total. The number of rotatable bonds is 5. The highest BCUT2D eigenvalue weighted by molar-refractivity contribution is 14.1. The van der Waals surface area contributed by atoms with E-state index in [0.29, 0.717) is 29.9 Å². The number of piperidine rings is 1. The fourth-order valence-corrected chi connectivity index (χ4v) is 3.95. The quantitative estimate of drug-likeness (QED) is 0.384. The van der Waals surface area contributed by atoms with E-state index in [1.54, 1.807) is 52.9 Å². The third-order valence-corrected chi connectivity index (χ3v) is 5.74. The third kappa shape index (κ3) is 3.89. The molecule has 0 aromatic heterocycles. The third-order valence-electron chi connectivity index (χ3n) is 5.11. The van der Waals surface area contributed by atoms with Crippen molar-refractivity contribution in [3.63, 3.8) is 0 Å². The van der Waals surface area contributed by atoms with Gasteiger partial charge in [-0.25, -0.2) is 0 Å². The summed E-state index contributed by atoms with van der Waals surface area (Å²) in [4.78, 5) is 49.3. The molecule has 2 aliphatic heterocycles. The number of nitrogens with zero attached hydrogens (tertiary/aromatic N) is 1. The van der Waals surface area contributed by atoms with E-state index in [1.165, 1.54) is 4.90 Å². The largest absolute Gasteiger partial charge is 0.489 e. The van der Waals surface area contributed by atoms with Gasteiger partial charge in [0.25, 0.3) is 5.91 Å². The number of benzene rings is 2. The number of amides is 3. The van der Waals surface area contributed by atoms with Gasteiger partial charge in [-0.1, -0.05) is 30.3 Å². The first kappa shape index (κ1) is 19.6. The molecule has 29 heavy (non-hydrogen) atoms. The number of carbonyl (C=O) groups excluding carboxylic acids is 4. The van der Waals surface area contributed by atoms with Gasteiger partial charge in [-0.15, -0.1) is 0 Å². The Morgan fingerprint density at radius 2 is 1.90 bits per heavy atom. The highest BCUT2D eigenvalue weighted by Crippen LogP contribution is 2.33. The van der Waals surface area contributed by atoms with Gasteiger partial charge in [0.15, 0.2) is 0 Å². The molecule has 148 valence electrons. The summed E-state index contributed by atoms with van der Waals surface area (Å²) in [5, 5.41) is 2.30. The van der Waals surface area contributed by atoms with E-state index < -0.39 is 11.9 Å². The Balaban J connectivity index is 1.50. The normalized spacial score (nSPS) is 18.4. The maximum atomic E-state index is 12.8. The number of hydrogen-bond acceptors (Lipinski definition) is 5. The lowest BCUT2D eigenvalue weighted by Crippen LogP contribution is -2.52. The lowest BCUT2D eigenvalue weighted by molar-refractivity contribution is -0.136. The number of carbonyl (C=O) groups is 4. The Morgan fingerprint density at radius 3 is 2.59 bits per heavy atom. The molecule has 1 unspecified atom stereocenters. The van der Waals surface area contributed by atoms with Crippen LogP contribution in [0, 0.1) is 0 Å². The highest BCUT2D eigenvalue weighted by atomic mass is 127. The van der Waals surface area contributed by atoms with Gasteiger partial charge in [0.05, 0.1) is 6.54 Å². The minimum atomic E-state index is -0.654. The average molecular weight is 504 g/mol. The van der Waals surface area contributed by atoms with Gasteiger partial charge in [0.2, 0.25) is 15.6 Å². The van der Waals surface area contributed by atoms with Crippen LogP contribution in [0.3, 0.4) is 0 Å². The Labute approximate surface area is 180 Å². The number of fused-ring (bicyclic) bond motifs is 1. The molecular formula is C21H17IN2O5. The molecular weight excluding hydrogens is 487 g/mol. The fourth-order valence-electron chi connectivity index (χ4n) is 3.59. The second-order valence-electron chi connectivity index (χ2n) is 6.94. The van der Waals surface area contributed by atoms with E-state index >= 15 is 0 Å². The van der Waals surface area contributed by atoms with Crippen LogP contribution in [-0.2, 0) is 22.7 Å². The predicted molar refractivity (Wildman–Crippen MR) is 112 cm³/mol. The van der Waals surface area contributed by atoms with E-state index in [4.69, 9.17) is 4.74 Å². The Bertz CT molecular complexity index is 1020. The van der Waals surface area contributed by atoms with Crippen molar-refractivity contribution in [2.24, 2.45) is 0 Å². The number of nitrogens with one attached hydrogen (secondary N) is 1. The smallest absolute Gasteiger partial charge is 0.255 e. The van der Waals surface area contributed by atoms with Crippen molar-refractivity contribution in [3.8, 4) is 5.75 Å². The standard InChI is InChI=1S/C21H17IN2O5/c22-19(26)13-6-4-12(5-7-13)11-29-17-3-1-2-14-15(17)10-24(21(14)28)16-8-9-18(25)23-20(16)27/h1-7,16H,8-11H2,(H,23,25,27). The van der Waals surface area contributed by atoms with Crippen LogP contribution in [0.25, 0.3) is 0 Å². The monoisotopic (exact) mass is 504 g/mol.